The van der Waals surface area contributed by atoms with Crippen molar-refractivity contribution in [2.24, 2.45) is 50.5 Å². The first kappa shape index (κ1) is 60.7. The van der Waals surface area contributed by atoms with Crippen LogP contribution in [-0.2, 0) is 43.2 Å². The number of hydrogen-bond donors (Lipinski definition) is 16. The number of aliphatic carboxylic acids is 2. The number of carbonyl (C=O) groups is 9. The summed E-state index contributed by atoms with van der Waals surface area (Å²) in [5.41, 5.74) is 27.2. The van der Waals surface area contributed by atoms with Crippen LogP contribution in [0.5, 0.6) is 0 Å². The first-order valence-electron chi connectivity index (χ1n) is 23.2. The van der Waals surface area contributed by atoms with E-state index in [0.29, 0.717) is 32.4 Å². The van der Waals surface area contributed by atoms with Gasteiger partial charge in [-0.25, -0.2) is 4.79 Å². The van der Waals surface area contributed by atoms with Gasteiger partial charge >= 0.3 is 11.9 Å². The fourth-order valence-electron chi connectivity index (χ4n) is 7.08. The molecule has 27 heteroatoms. The number of amides is 7. The number of carbonyl (C=O) groups excluding carboxylic acids is 7. The van der Waals surface area contributed by atoms with E-state index in [9.17, 15) is 58.5 Å². The molecule has 1 heterocycles. The van der Waals surface area contributed by atoms with Gasteiger partial charge in [0.25, 0.3) is 0 Å². The number of nitrogens with zero attached hydrogens (tertiary/aromatic N) is 2. The molecule has 0 aromatic heterocycles. The van der Waals surface area contributed by atoms with Crippen molar-refractivity contribution in [2.75, 3.05) is 26.2 Å². The third kappa shape index (κ3) is 24.0. The molecule has 0 radical (unpaired) electrons. The third-order valence-electron chi connectivity index (χ3n) is 10.8. The molecule has 1 aliphatic heterocycles. The van der Waals surface area contributed by atoms with Crippen molar-refractivity contribution in [3.05, 3.63) is 0 Å². The molecule has 0 aliphatic carbocycles. The molecule has 1 rings (SSSR count). The number of rotatable bonds is 33. The number of hydrogen-bond acceptors (Lipinski definition) is 14. The molecule has 0 aromatic carbocycles. The lowest BCUT2D eigenvalue weighted by molar-refractivity contribution is -0.142. The second kappa shape index (κ2) is 31.6. The number of aliphatic imine (C=N–C) groups is 2. The molecule has 1 saturated heterocycles. The van der Waals surface area contributed by atoms with Gasteiger partial charge in [0.2, 0.25) is 41.4 Å². The van der Waals surface area contributed by atoms with E-state index in [1.807, 2.05) is 0 Å². The molecule has 1 fully saturated rings. The van der Waals surface area contributed by atoms with Crippen molar-refractivity contribution in [1.82, 2.24) is 42.5 Å². The summed E-state index contributed by atoms with van der Waals surface area (Å²) >= 11 is 0. The lowest BCUT2D eigenvalue weighted by Gasteiger charge is -2.29. The van der Waals surface area contributed by atoms with Gasteiger partial charge in [-0.2, -0.15) is 0 Å². The average molecular weight is 984 g/mol. The first-order chi connectivity index (χ1) is 32.4. The predicted octanol–water partition coefficient (Wildman–Crippen LogP) is -4.99. The van der Waals surface area contributed by atoms with Gasteiger partial charge in [0.1, 0.15) is 42.3 Å². The maximum Gasteiger partial charge on any atom is 0.326 e. The van der Waals surface area contributed by atoms with E-state index in [0.717, 1.165) is 6.42 Å². The van der Waals surface area contributed by atoms with Crippen LogP contribution in [0.4, 0.5) is 0 Å². The zero-order chi connectivity index (χ0) is 52.4. The van der Waals surface area contributed by atoms with Crippen molar-refractivity contribution < 1.29 is 58.5 Å². The van der Waals surface area contributed by atoms with Crippen LogP contribution in [0.1, 0.15) is 105 Å². The lowest BCUT2D eigenvalue weighted by atomic mass is 10.0. The molecule has 1 aliphatic rings. The minimum Gasteiger partial charge on any atom is -0.481 e. The van der Waals surface area contributed by atoms with E-state index in [2.05, 4.69) is 52.5 Å². The molecule has 0 unspecified atom stereocenters. The van der Waals surface area contributed by atoms with Gasteiger partial charge in [-0.3, -0.25) is 48.3 Å². The largest absolute Gasteiger partial charge is 0.481 e. The Bertz CT molecular complexity index is 1780. The van der Waals surface area contributed by atoms with Gasteiger partial charge in [0.05, 0.1) is 18.6 Å². The Labute approximate surface area is 401 Å². The van der Waals surface area contributed by atoms with Gasteiger partial charge in [0.15, 0.2) is 11.9 Å². The molecule has 392 valence electrons. The average Bonchev–Trinajstić information content (AvgIpc) is 3.80. The zero-order valence-corrected chi connectivity index (χ0v) is 40.3. The number of nitrogens with two attached hydrogens (primary N) is 5. The number of nitrogens with one attached hydrogen (secondary N) is 8. The highest BCUT2D eigenvalue weighted by molar-refractivity contribution is 5.98. The van der Waals surface area contributed by atoms with Gasteiger partial charge in [-0.05, 0) is 96.1 Å². The molecule has 27 nitrogen and oxygen atoms in total. The smallest absolute Gasteiger partial charge is 0.326 e. The Morgan fingerprint density at radius 3 is 1.51 bits per heavy atom. The van der Waals surface area contributed by atoms with Gasteiger partial charge in [-0.15, -0.1) is 0 Å². The van der Waals surface area contributed by atoms with Crippen LogP contribution >= 0.6 is 0 Å². The number of carboxylic acid groups (broad SMARTS) is 2. The Kier molecular flexibility index (Phi) is 27.8. The molecule has 7 amide bonds. The van der Waals surface area contributed by atoms with Gasteiger partial charge in [-0.1, -0.05) is 27.7 Å². The quantitative estimate of drug-likeness (QED) is 0.0166. The molecular weight excluding hydrogens is 907 g/mol. The third-order valence-corrected chi connectivity index (χ3v) is 10.8. The first-order valence-corrected chi connectivity index (χ1v) is 23.2. The molecule has 9 atom stereocenters. The van der Waals surface area contributed by atoms with Crippen LogP contribution in [0.25, 0.3) is 0 Å². The second-order valence-electron chi connectivity index (χ2n) is 17.7. The monoisotopic (exact) mass is 984 g/mol. The van der Waals surface area contributed by atoms with E-state index in [4.69, 9.17) is 28.7 Å². The number of carboxylic acids is 2. The van der Waals surface area contributed by atoms with Crippen molar-refractivity contribution >= 4 is 65.2 Å². The zero-order valence-electron chi connectivity index (χ0n) is 40.3. The Hall–Kier alpha value is -6.35. The molecule has 21 N–H and O–H groups in total. The Morgan fingerprint density at radius 2 is 1.06 bits per heavy atom. The standard InChI is InChI=1S/C42H77N15O12/c1-21(2)19-28(36(64)51-25(13-9-17-49-41(44)45)34(62)53-27(40(68)69)11-6-7-15-43)54-37(65)29(20-30(59)60)55-35(63)26(14-10-18-50-42(46)47)52-39(67)32(23(5)58)57-38(66)31(22(3)4)56-33(61)24-12-8-16-48-24/h21-29,31-32,48,58H,6-20,43H2,1-5H3,(H,51,64)(H,52,67)(H,53,62)(H,54,65)(H,55,63)(H,56,61)(H,57,66)(H,59,60)(H,68,69)(H4,44,45,49)(H4,46,47,50)/t23-,24+,25+,26+,27+,28+,29+,31+,32+/m1/s1. The van der Waals surface area contributed by atoms with Crippen LogP contribution in [0.15, 0.2) is 9.98 Å². The molecule has 0 saturated carbocycles. The SMILES string of the molecule is CC(C)C[C@H](NC(=O)[C@H](CC(=O)O)NC(=O)[C@H](CCCN=C(N)N)NC(=O)[C@@H](NC(=O)[C@@H](NC(=O)[C@@H]1CCCN1)C(C)C)[C@@H](C)O)C(=O)N[C@@H](CCCN=C(N)N)C(=O)N[C@@H](CCCCN)C(=O)O. The van der Waals surface area contributed by atoms with Gasteiger partial charge < -0.3 is 86.5 Å². The van der Waals surface area contributed by atoms with Crippen molar-refractivity contribution in [3.63, 3.8) is 0 Å². The molecular formula is C42H77N15O12. The lowest BCUT2D eigenvalue weighted by Crippen LogP contribution is -2.62. The number of guanidine groups is 2. The van der Waals surface area contributed by atoms with Crippen LogP contribution in [0.3, 0.4) is 0 Å². The van der Waals surface area contributed by atoms with E-state index >= 15 is 0 Å². The second-order valence-corrected chi connectivity index (χ2v) is 17.7. The molecule has 0 spiro atoms. The molecule has 69 heavy (non-hydrogen) atoms. The van der Waals surface area contributed by atoms with Crippen molar-refractivity contribution in [2.45, 2.75) is 160 Å². The highest BCUT2D eigenvalue weighted by atomic mass is 16.4. The van der Waals surface area contributed by atoms with Crippen molar-refractivity contribution in [3.8, 4) is 0 Å². The maximum absolute atomic E-state index is 14.0. The minimum absolute atomic E-state index is 0.0340. The molecule has 0 aromatic rings. The van der Waals surface area contributed by atoms with Crippen LogP contribution in [-0.4, -0.2) is 161 Å². The normalized spacial score (nSPS) is 16.7. The fourth-order valence-corrected chi connectivity index (χ4v) is 7.08. The topological polar surface area (TPSA) is 465 Å². The summed E-state index contributed by atoms with van der Waals surface area (Å²) in [5.74, 6) is -10.4. The van der Waals surface area contributed by atoms with E-state index in [1.165, 1.54) is 6.92 Å². The highest BCUT2D eigenvalue weighted by Crippen LogP contribution is 2.12. The van der Waals surface area contributed by atoms with E-state index in [1.54, 1.807) is 27.7 Å². The number of aliphatic hydroxyl groups excluding tert-OH is 1. The van der Waals surface area contributed by atoms with Gasteiger partial charge in [0, 0.05) is 13.1 Å². The fraction of sp³-hybridized carbons (Fsp3) is 0.738. The van der Waals surface area contributed by atoms with Crippen LogP contribution in [0.2, 0.25) is 0 Å². The molecule has 0 bridgehead atoms. The minimum atomic E-state index is -1.87. The summed E-state index contributed by atoms with van der Waals surface area (Å²) in [4.78, 5) is 127. The summed E-state index contributed by atoms with van der Waals surface area (Å²) in [5, 5.41) is 50.6. The predicted molar refractivity (Wildman–Crippen MR) is 253 cm³/mol. The highest BCUT2D eigenvalue weighted by Gasteiger charge is 2.37. The number of unbranched alkanes of at least 4 members (excludes halogenated alkanes) is 1. The van der Waals surface area contributed by atoms with E-state index in [-0.39, 0.29) is 69.5 Å². The number of aliphatic hydroxyl groups is 1. The Morgan fingerprint density at radius 1 is 0.594 bits per heavy atom. The summed E-state index contributed by atoms with van der Waals surface area (Å²) < 4.78 is 0. The van der Waals surface area contributed by atoms with E-state index < -0.39 is 120 Å². The summed E-state index contributed by atoms with van der Waals surface area (Å²) in [6.07, 6.45) is -0.444. The summed E-state index contributed by atoms with van der Waals surface area (Å²) in [6.45, 7) is 8.91. The summed E-state index contributed by atoms with van der Waals surface area (Å²) in [7, 11) is 0. The Balaban J connectivity index is 3.45. The van der Waals surface area contributed by atoms with Crippen LogP contribution < -0.4 is 71.2 Å². The van der Waals surface area contributed by atoms with Crippen molar-refractivity contribution in [1.29, 1.82) is 0 Å². The van der Waals surface area contributed by atoms with Crippen LogP contribution in [0, 0.1) is 11.8 Å². The summed E-state index contributed by atoms with van der Waals surface area (Å²) in [6, 6.07) is -10.8. The maximum atomic E-state index is 14.0.